The second-order valence-corrected chi connectivity index (χ2v) is 5.62. The number of fused-ring (bicyclic) bond motifs is 1. The van der Waals surface area contributed by atoms with Crippen LogP contribution in [0.2, 0.25) is 0 Å². The Balaban J connectivity index is 1.75. The Kier molecular flexibility index (Phi) is 3.92. The van der Waals surface area contributed by atoms with Crippen molar-refractivity contribution in [2.24, 2.45) is 0 Å². The minimum atomic E-state index is 0.609. The minimum absolute atomic E-state index is 0.609. The van der Waals surface area contributed by atoms with Gasteiger partial charge in [0.15, 0.2) is 0 Å². The standard InChI is InChI=1S/C16H16N2O2S/c1-2-9-19-12-4-6-13(7-5-12)20-16-18-14-8-3-11(17)10-15(14)21-16/h3-8,10H,2,9,17H2,1H3. The lowest BCUT2D eigenvalue weighted by Gasteiger charge is -2.05. The zero-order valence-electron chi connectivity index (χ0n) is 11.7. The fourth-order valence-corrected chi connectivity index (χ4v) is 2.77. The molecule has 0 radical (unpaired) electrons. The van der Waals surface area contributed by atoms with Gasteiger partial charge in [-0.2, -0.15) is 0 Å². The molecule has 0 aliphatic heterocycles. The van der Waals surface area contributed by atoms with E-state index in [-0.39, 0.29) is 0 Å². The van der Waals surface area contributed by atoms with Gasteiger partial charge in [-0.05, 0) is 48.9 Å². The molecule has 0 atom stereocenters. The van der Waals surface area contributed by atoms with Crippen LogP contribution in [-0.4, -0.2) is 11.6 Å². The molecule has 4 nitrogen and oxygen atoms in total. The van der Waals surface area contributed by atoms with Crippen LogP contribution >= 0.6 is 11.3 Å². The van der Waals surface area contributed by atoms with Gasteiger partial charge in [-0.1, -0.05) is 18.3 Å². The summed E-state index contributed by atoms with van der Waals surface area (Å²) in [5, 5.41) is 0.609. The Hall–Kier alpha value is -2.27. The van der Waals surface area contributed by atoms with Crippen LogP contribution in [0, 0.1) is 0 Å². The summed E-state index contributed by atoms with van der Waals surface area (Å²) in [7, 11) is 0. The van der Waals surface area contributed by atoms with E-state index in [0.717, 1.165) is 40.4 Å². The molecule has 0 aliphatic carbocycles. The van der Waals surface area contributed by atoms with Crippen molar-refractivity contribution in [1.82, 2.24) is 4.98 Å². The zero-order chi connectivity index (χ0) is 14.7. The highest BCUT2D eigenvalue weighted by Gasteiger charge is 2.06. The van der Waals surface area contributed by atoms with Crippen molar-refractivity contribution in [2.45, 2.75) is 13.3 Å². The lowest BCUT2D eigenvalue weighted by Crippen LogP contribution is -1.94. The van der Waals surface area contributed by atoms with E-state index in [4.69, 9.17) is 15.2 Å². The fraction of sp³-hybridized carbons (Fsp3) is 0.188. The molecule has 1 heterocycles. The van der Waals surface area contributed by atoms with E-state index in [1.165, 1.54) is 11.3 Å². The number of nitrogen functional groups attached to an aromatic ring is 1. The number of hydrogen-bond donors (Lipinski definition) is 1. The summed E-state index contributed by atoms with van der Waals surface area (Å²) in [6, 6.07) is 13.2. The second kappa shape index (κ2) is 6.01. The van der Waals surface area contributed by atoms with E-state index >= 15 is 0 Å². The number of anilines is 1. The molecule has 0 bridgehead atoms. The Labute approximate surface area is 127 Å². The molecule has 108 valence electrons. The van der Waals surface area contributed by atoms with E-state index in [1.54, 1.807) is 0 Å². The molecule has 21 heavy (non-hydrogen) atoms. The molecule has 0 spiro atoms. The molecule has 0 unspecified atom stereocenters. The van der Waals surface area contributed by atoms with E-state index < -0.39 is 0 Å². The number of ether oxygens (including phenoxy) is 2. The molecule has 2 aromatic carbocycles. The molecule has 0 saturated heterocycles. The van der Waals surface area contributed by atoms with Crippen LogP contribution in [0.5, 0.6) is 16.7 Å². The number of nitrogens with two attached hydrogens (primary N) is 1. The van der Waals surface area contributed by atoms with Crippen molar-refractivity contribution in [3.63, 3.8) is 0 Å². The van der Waals surface area contributed by atoms with Gasteiger partial charge in [-0.15, -0.1) is 0 Å². The number of benzene rings is 2. The van der Waals surface area contributed by atoms with Crippen LogP contribution in [0.1, 0.15) is 13.3 Å². The fourth-order valence-electron chi connectivity index (χ4n) is 1.89. The van der Waals surface area contributed by atoms with Gasteiger partial charge in [0.2, 0.25) is 0 Å². The third kappa shape index (κ3) is 3.25. The Morgan fingerprint density at radius 1 is 1.10 bits per heavy atom. The van der Waals surface area contributed by atoms with Crippen molar-refractivity contribution in [3.8, 4) is 16.7 Å². The van der Waals surface area contributed by atoms with E-state index in [9.17, 15) is 0 Å². The van der Waals surface area contributed by atoms with Crippen molar-refractivity contribution >= 4 is 27.2 Å². The number of hydrogen-bond acceptors (Lipinski definition) is 5. The van der Waals surface area contributed by atoms with E-state index in [2.05, 4.69) is 11.9 Å². The van der Waals surface area contributed by atoms with Gasteiger partial charge in [-0.25, -0.2) is 4.98 Å². The minimum Gasteiger partial charge on any atom is -0.494 e. The van der Waals surface area contributed by atoms with Gasteiger partial charge in [0.1, 0.15) is 11.5 Å². The summed E-state index contributed by atoms with van der Waals surface area (Å²) in [6.07, 6.45) is 0.993. The predicted molar refractivity (Wildman–Crippen MR) is 86.3 cm³/mol. The van der Waals surface area contributed by atoms with Crippen LogP contribution < -0.4 is 15.2 Å². The first-order valence-electron chi connectivity index (χ1n) is 6.81. The predicted octanol–water partition coefficient (Wildman–Crippen LogP) is 4.46. The summed E-state index contributed by atoms with van der Waals surface area (Å²) >= 11 is 1.48. The number of rotatable bonds is 5. The average molecular weight is 300 g/mol. The lowest BCUT2D eigenvalue weighted by atomic mass is 10.3. The summed E-state index contributed by atoms with van der Waals surface area (Å²) in [5.41, 5.74) is 7.39. The second-order valence-electron chi connectivity index (χ2n) is 4.63. The van der Waals surface area contributed by atoms with Crippen molar-refractivity contribution in [2.75, 3.05) is 12.3 Å². The largest absolute Gasteiger partial charge is 0.494 e. The first-order chi connectivity index (χ1) is 10.2. The Bertz CT molecular complexity index is 738. The normalized spacial score (nSPS) is 10.7. The SMILES string of the molecule is CCCOc1ccc(Oc2nc3ccc(N)cc3s2)cc1. The van der Waals surface area contributed by atoms with E-state index in [1.807, 2.05) is 42.5 Å². The third-order valence-corrected chi connectivity index (χ3v) is 3.79. The van der Waals surface area contributed by atoms with Gasteiger partial charge in [0.25, 0.3) is 5.19 Å². The molecular weight excluding hydrogens is 284 g/mol. The molecule has 0 amide bonds. The smallest absolute Gasteiger partial charge is 0.279 e. The van der Waals surface area contributed by atoms with Crippen molar-refractivity contribution in [3.05, 3.63) is 42.5 Å². The van der Waals surface area contributed by atoms with Crippen LogP contribution in [0.15, 0.2) is 42.5 Å². The lowest BCUT2D eigenvalue weighted by molar-refractivity contribution is 0.317. The monoisotopic (exact) mass is 300 g/mol. The van der Waals surface area contributed by atoms with Crippen LogP contribution in [0.4, 0.5) is 5.69 Å². The van der Waals surface area contributed by atoms with Crippen molar-refractivity contribution < 1.29 is 9.47 Å². The maximum Gasteiger partial charge on any atom is 0.279 e. The highest BCUT2D eigenvalue weighted by atomic mass is 32.1. The molecule has 1 aromatic heterocycles. The van der Waals surface area contributed by atoms with Crippen molar-refractivity contribution in [1.29, 1.82) is 0 Å². The molecule has 3 aromatic rings. The number of nitrogens with zero attached hydrogens (tertiary/aromatic N) is 1. The molecular formula is C16H16N2O2S. The molecule has 3 rings (SSSR count). The van der Waals surface area contributed by atoms with E-state index in [0.29, 0.717) is 5.19 Å². The Morgan fingerprint density at radius 3 is 2.62 bits per heavy atom. The first kappa shape index (κ1) is 13.7. The van der Waals surface area contributed by atoms with Gasteiger partial charge in [0, 0.05) is 5.69 Å². The topological polar surface area (TPSA) is 57.4 Å². The zero-order valence-corrected chi connectivity index (χ0v) is 12.5. The summed E-state index contributed by atoms with van der Waals surface area (Å²) in [6.45, 7) is 2.80. The van der Waals surface area contributed by atoms with Crippen LogP contribution in [0.25, 0.3) is 10.2 Å². The Morgan fingerprint density at radius 2 is 1.86 bits per heavy atom. The average Bonchev–Trinajstić information content (AvgIpc) is 2.88. The van der Waals surface area contributed by atoms with Gasteiger partial charge < -0.3 is 15.2 Å². The van der Waals surface area contributed by atoms with Gasteiger partial charge in [-0.3, -0.25) is 0 Å². The summed E-state index contributed by atoms with van der Waals surface area (Å²) < 4.78 is 12.3. The first-order valence-corrected chi connectivity index (χ1v) is 7.63. The summed E-state index contributed by atoms with van der Waals surface area (Å²) in [4.78, 5) is 4.43. The van der Waals surface area contributed by atoms with Gasteiger partial charge in [0.05, 0.1) is 16.8 Å². The molecule has 0 fully saturated rings. The molecule has 0 aliphatic rings. The van der Waals surface area contributed by atoms with Gasteiger partial charge >= 0.3 is 0 Å². The molecule has 2 N–H and O–H groups in total. The van der Waals surface area contributed by atoms with Crippen LogP contribution in [0.3, 0.4) is 0 Å². The maximum atomic E-state index is 5.77. The third-order valence-electron chi connectivity index (χ3n) is 2.89. The number of thiazole rings is 1. The highest BCUT2D eigenvalue weighted by molar-refractivity contribution is 7.20. The van der Waals surface area contributed by atoms with Crippen LogP contribution in [-0.2, 0) is 0 Å². The number of aromatic nitrogens is 1. The maximum absolute atomic E-state index is 5.77. The quantitative estimate of drug-likeness (QED) is 0.707. The molecule has 0 saturated carbocycles. The summed E-state index contributed by atoms with van der Waals surface area (Å²) in [5.74, 6) is 1.59. The highest BCUT2D eigenvalue weighted by Crippen LogP contribution is 2.32. The molecule has 5 heteroatoms.